The average molecular weight is 761 g/mol. The van der Waals surface area contributed by atoms with Gasteiger partial charge in [0.1, 0.15) is 0 Å². The van der Waals surface area contributed by atoms with E-state index in [0.717, 1.165) is 88.2 Å². The summed E-state index contributed by atoms with van der Waals surface area (Å²) >= 11 is 3.48. The Morgan fingerprint density at radius 2 is 0.804 bits per heavy atom. The zero-order chi connectivity index (χ0) is 37.8. The average Bonchev–Trinajstić information content (AvgIpc) is 3.23. The van der Waals surface area contributed by atoms with E-state index in [1.54, 1.807) is 23.5 Å². The predicted molar refractivity (Wildman–Crippen MR) is 234 cm³/mol. The number of nitrogens with one attached hydrogen (secondary N) is 2. The molecule has 8 heteroatoms. The number of benzene rings is 5. The molecule has 0 fully saturated rings. The molecule has 0 spiro atoms. The van der Waals surface area contributed by atoms with Gasteiger partial charge in [-0.05, 0) is 121 Å². The lowest BCUT2D eigenvalue weighted by Gasteiger charge is -2.16. The largest absolute Gasteiger partial charge is 0.354 e. The zero-order valence-corrected chi connectivity index (χ0v) is 32.4. The minimum atomic E-state index is 0.727. The molecular weight excluding hydrogens is 725 g/mol. The van der Waals surface area contributed by atoms with Crippen LogP contribution in [0.3, 0.4) is 0 Å². The highest BCUT2D eigenvalue weighted by molar-refractivity contribution is 7.99. The Hall–Kier alpha value is -6.48. The van der Waals surface area contributed by atoms with Gasteiger partial charge in [0, 0.05) is 54.1 Å². The number of hydrogen-bond acceptors (Lipinski definition) is 8. The summed E-state index contributed by atoms with van der Waals surface area (Å²) in [6.07, 6.45) is 3.63. The molecule has 6 nitrogen and oxygen atoms in total. The van der Waals surface area contributed by atoms with Crippen molar-refractivity contribution >= 4 is 68.3 Å². The number of fused-ring (bicyclic) bond motifs is 2. The first-order chi connectivity index (χ1) is 27.5. The molecule has 270 valence electrons. The fourth-order valence-electron chi connectivity index (χ4n) is 6.63. The monoisotopic (exact) mass is 760 g/mol. The van der Waals surface area contributed by atoms with Gasteiger partial charge in [0.2, 0.25) is 0 Å². The van der Waals surface area contributed by atoms with Gasteiger partial charge in [-0.25, -0.2) is 19.9 Å². The summed E-state index contributed by atoms with van der Waals surface area (Å²) < 4.78 is 0. The van der Waals surface area contributed by atoms with E-state index < -0.39 is 0 Å². The van der Waals surface area contributed by atoms with Crippen LogP contribution in [0.1, 0.15) is 11.4 Å². The minimum Gasteiger partial charge on any atom is -0.354 e. The van der Waals surface area contributed by atoms with Crippen LogP contribution >= 0.6 is 23.5 Å². The van der Waals surface area contributed by atoms with Crippen molar-refractivity contribution in [2.45, 2.75) is 33.4 Å². The minimum absolute atomic E-state index is 0.727. The number of aromatic nitrogens is 4. The Morgan fingerprint density at radius 1 is 0.393 bits per heavy atom. The highest BCUT2D eigenvalue weighted by Crippen LogP contribution is 2.41. The van der Waals surface area contributed by atoms with Crippen LogP contribution in [0.5, 0.6) is 0 Å². The molecule has 9 aromatic rings. The molecule has 4 aromatic heterocycles. The van der Waals surface area contributed by atoms with Crippen LogP contribution in [-0.2, 0) is 0 Å². The molecule has 0 aliphatic rings. The second-order valence-electron chi connectivity index (χ2n) is 13.4. The summed E-state index contributed by atoms with van der Waals surface area (Å²) in [6, 6.07) is 55.3. The van der Waals surface area contributed by atoms with Crippen LogP contribution in [-0.4, -0.2) is 19.9 Å². The van der Waals surface area contributed by atoms with Gasteiger partial charge in [0.25, 0.3) is 0 Å². The highest BCUT2D eigenvalue weighted by atomic mass is 32.2. The summed E-state index contributed by atoms with van der Waals surface area (Å²) in [7, 11) is 0. The normalized spacial score (nSPS) is 11.2. The van der Waals surface area contributed by atoms with Gasteiger partial charge in [0.05, 0.1) is 22.7 Å². The van der Waals surface area contributed by atoms with Crippen molar-refractivity contribution in [3.8, 4) is 22.3 Å². The van der Waals surface area contributed by atoms with E-state index in [1.807, 2.05) is 62.6 Å². The molecule has 9 rings (SSSR count). The lowest BCUT2D eigenvalue weighted by Crippen LogP contribution is -1.97. The van der Waals surface area contributed by atoms with Crippen LogP contribution in [0.15, 0.2) is 190 Å². The van der Waals surface area contributed by atoms with Crippen molar-refractivity contribution < 1.29 is 0 Å². The lowest BCUT2D eigenvalue weighted by molar-refractivity contribution is 1.20. The summed E-state index contributed by atoms with van der Waals surface area (Å²) in [6.45, 7) is 3.98. The van der Waals surface area contributed by atoms with Gasteiger partial charge in [-0.1, -0.05) is 96.3 Å². The van der Waals surface area contributed by atoms with E-state index in [2.05, 4.69) is 152 Å². The van der Waals surface area contributed by atoms with Crippen LogP contribution in [0, 0.1) is 13.8 Å². The number of hydrogen-bond donors (Lipinski definition) is 2. The molecule has 4 heterocycles. The quantitative estimate of drug-likeness (QED) is 0.143. The second-order valence-corrected chi connectivity index (χ2v) is 15.7. The Morgan fingerprint density at radius 3 is 1.23 bits per heavy atom. The van der Waals surface area contributed by atoms with E-state index in [-0.39, 0.29) is 0 Å². The summed E-state index contributed by atoms with van der Waals surface area (Å²) in [5.41, 5.74) is 11.8. The van der Waals surface area contributed by atoms with E-state index in [1.165, 1.54) is 9.79 Å². The maximum absolute atomic E-state index is 4.66. The molecule has 2 N–H and O–H groups in total. The standard InChI is InChI=1S/C48H36N6S2/c1-31-13-21-39-41(25-27-49-47(39)51-31)53-43-29-35(19-23-45(43)55-37-9-5-3-6-10-37)33-15-17-34(18-16-33)36-20-24-46(56-38-11-7-4-8-12-38)44(30-36)54-42-26-28-50-48-40(42)22-14-32(2)52-48/h3-30H,1-2H3,(H,49,51,53)(H,50,52,54). The first kappa shape index (κ1) is 35.2. The van der Waals surface area contributed by atoms with Crippen LogP contribution in [0.4, 0.5) is 22.7 Å². The van der Waals surface area contributed by atoms with Crippen molar-refractivity contribution in [2.75, 3.05) is 10.6 Å². The number of nitrogens with zero attached hydrogens (tertiary/aromatic N) is 4. The number of pyridine rings is 4. The highest BCUT2D eigenvalue weighted by Gasteiger charge is 2.14. The van der Waals surface area contributed by atoms with E-state index >= 15 is 0 Å². The predicted octanol–water partition coefficient (Wildman–Crippen LogP) is 13.3. The Balaban J connectivity index is 1.05. The molecule has 56 heavy (non-hydrogen) atoms. The van der Waals surface area contributed by atoms with Crippen LogP contribution in [0.2, 0.25) is 0 Å². The molecule has 0 radical (unpaired) electrons. The third-order valence-corrected chi connectivity index (χ3v) is 11.6. The van der Waals surface area contributed by atoms with Crippen LogP contribution < -0.4 is 10.6 Å². The third-order valence-electron chi connectivity index (χ3n) is 9.48. The fraction of sp³-hybridized carbons (Fsp3) is 0.0417. The van der Waals surface area contributed by atoms with Crippen molar-refractivity contribution in [3.63, 3.8) is 0 Å². The van der Waals surface area contributed by atoms with Gasteiger partial charge >= 0.3 is 0 Å². The molecule has 0 aliphatic carbocycles. The number of anilines is 4. The van der Waals surface area contributed by atoms with Crippen molar-refractivity contribution in [1.82, 2.24) is 19.9 Å². The van der Waals surface area contributed by atoms with Gasteiger partial charge in [-0.15, -0.1) is 0 Å². The van der Waals surface area contributed by atoms with Gasteiger partial charge in [-0.3, -0.25) is 0 Å². The molecule has 0 bridgehead atoms. The summed E-state index contributed by atoms with van der Waals surface area (Å²) in [4.78, 5) is 23.0. The fourth-order valence-corrected chi connectivity index (χ4v) is 8.44. The van der Waals surface area contributed by atoms with Gasteiger partial charge in [-0.2, -0.15) is 0 Å². The molecule has 0 amide bonds. The van der Waals surface area contributed by atoms with Crippen LogP contribution in [0.25, 0.3) is 44.3 Å². The molecule has 0 atom stereocenters. The van der Waals surface area contributed by atoms with E-state index in [0.29, 0.717) is 0 Å². The molecule has 0 saturated carbocycles. The van der Waals surface area contributed by atoms with Gasteiger partial charge < -0.3 is 10.6 Å². The van der Waals surface area contributed by atoms with Crippen molar-refractivity contribution in [3.05, 3.63) is 182 Å². The SMILES string of the molecule is Cc1ccc2c(Nc3cc(-c4ccc(-c5ccc(Sc6ccccc6)c(Nc6ccnc7nc(C)ccc67)c5)cc4)ccc3Sc3ccccc3)ccnc2n1. The smallest absolute Gasteiger partial charge is 0.161 e. The summed E-state index contributed by atoms with van der Waals surface area (Å²) in [5.74, 6) is 0. The van der Waals surface area contributed by atoms with E-state index in [4.69, 9.17) is 0 Å². The number of rotatable bonds is 10. The van der Waals surface area contributed by atoms with Gasteiger partial charge in [0.15, 0.2) is 11.3 Å². The Kier molecular flexibility index (Phi) is 9.88. The molecule has 0 unspecified atom stereocenters. The molecule has 5 aromatic carbocycles. The lowest BCUT2D eigenvalue weighted by atomic mass is 9.99. The summed E-state index contributed by atoms with van der Waals surface area (Å²) in [5, 5.41) is 9.46. The zero-order valence-electron chi connectivity index (χ0n) is 30.8. The van der Waals surface area contributed by atoms with Crippen molar-refractivity contribution in [1.29, 1.82) is 0 Å². The Labute approximate surface area is 334 Å². The molecule has 0 saturated heterocycles. The molecule has 0 aliphatic heterocycles. The Bertz CT molecular complexity index is 2630. The second kappa shape index (κ2) is 15.7. The first-order valence-corrected chi connectivity index (χ1v) is 20.0. The third kappa shape index (κ3) is 7.71. The number of aryl methyl sites for hydroxylation is 2. The first-order valence-electron chi connectivity index (χ1n) is 18.4. The van der Waals surface area contributed by atoms with Crippen molar-refractivity contribution in [2.24, 2.45) is 0 Å². The maximum atomic E-state index is 4.66. The van der Waals surface area contributed by atoms with E-state index in [9.17, 15) is 0 Å². The topological polar surface area (TPSA) is 75.6 Å². The maximum Gasteiger partial charge on any atom is 0.161 e. The molecular formula is C48H36N6S2.